The molecule has 3 N–H and O–H groups in total. The van der Waals surface area contributed by atoms with Crippen molar-refractivity contribution in [2.45, 2.75) is 24.0 Å². The number of amides is 1. The summed E-state index contributed by atoms with van der Waals surface area (Å²) in [5.41, 5.74) is -0.0896. The van der Waals surface area contributed by atoms with E-state index in [0.717, 1.165) is 12.1 Å². The van der Waals surface area contributed by atoms with Crippen molar-refractivity contribution in [2.75, 3.05) is 0 Å². The summed E-state index contributed by atoms with van der Waals surface area (Å²) in [6, 6.07) is 10.2. The van der Waals surface area contributed by atoms with Gasteiger partial charge in [0.15, 0.2) is 0 Å². The lowest BCUT2D eigenvalue weighted by molar-refractivity contribution is -0.137. The van der Waals surface area contributed by atoms with Crippen molar-refractivity contribution in [1.29, 1.82) is 0 Å². The number of primary sulfonamides is 1. The van der Waals surface area contributed by atoms with Crippen LogP contribution in [0.5, 0.6) is 0 Å². The number of rotatable bonds is 5. The number of halogens is 3. The number of carbonyl (C=O) groups is 1. The number of nitrogens with one attached hydrogen (secondary N) is 1. The molecule has 0 aliphatic heterocycles. The fraction of sp³-hybridized carbons (Fsp3) is 0.188. The van der Waals surface area contributed by atoms with E-state index >= 15 is 0 Å². The number of sulfonamides is 1. The van der Waals surface area contributed by atoms with Crippen molar-refractivity contribution < 1.29 is 26.4 Å². The third kappa shape index (κ3) is 5.57. The molecule has 1 amide bonds. The van der Waals surface area contributed by atoms with Gasteiger partial charge in [-0.1, -0.05) is 30.3 Å². The summed E-state index contributed by atoms with van der Waals surface area (Å²) in [6.07, 6.45) is -4.70. The van der Waals surface area contributed by atoms with Crippen LogP contribution >= 0.6 is 0 Å². The Bertz CT molecular complexity index is 880. The summed E-state index contributed by atoms with van der Waals surface area (Å²) in [5.74, 6) is -0.486. The van der Waals surface area contributed by atoms with Crippen LogP contribution in [-0.4, -0.2) is 14.3 Å². The molecule has 0 aliphatic carbocycles. The molecule has 0 atom stereocenters. The number of hydrogen-bond donors (Lipinski definition) is 2. The molecule has 25 heavy (non-hydrogen) atoms. The summed E-state index contributed by atoms with van der Waals surface area (Å²) in [7, 11) is -3.85. The highest BCUT2D eigenvalue weighted by Gasteiger charge is 2.30. The van der Waals surface area contributed by atoms with Gasteiger partial charge in [-0.25, -0.2) is 13.6 Å². The van der Waals surface area contributed by atoms with Gasteiger partial charge >= 0.3 is 6.18 Å². The van der Waals surface area contributed by atoms with Gasteiger partial charge in [0.05, 0.1) is 16.9 Å². The molecule has 9 heteroatoms. The highest BCUT2D eigenvalue weighted by atomic mass is 32.2. The van der Waals surface area contributed by atoms with Gasteiger partial charge in [0.25, 0.3) is 0 Å². The molecule has 2 aromatic rings. The van der Waals surface area contributed by atoms with Gasteiger partial charge in [-0.3, -0.25) is 4.79 Å². The maximum Gasteiger partial charge on any atom is 0.416 e. The molecular formula is C16H15F3N2O3S. The lowest BCUT2D eigenvalue weighted by atomic mass is 10.1. The predicted octanol–water partition coefficient (Wildman–Crippen LogP) is 2.21. The maximum atomic E-state index is 12.6. The molecule has 2 aromatic carbocycles. The zero-order valence-electron chi connectivity index (χ0n) is 12.9. The Hall–Kier alpha value is -2.39. The topological polar surface area (TPSA) is 89.3 Å². The Balaban J connectivity index is 2.00. The van der Waals surface area contributed by atoms with Crippen molar-refractivity contribution in [3.63, 3.8) is 0 Å². The minimum absolute atomic E-state index is 0.0289. The minimum Gasteiger partial charge on any atom is -0.352 e. The molecule has 0 bridgehead atoms. The molecule has 2 rings (SSSR count). The standard InChI is InChI=1S/C16H15F3N2O3S/c17-16(18,19)13-5-1-3-11(7-13)9-15(22)21-10-12-4-2-6-14(8-12)25(20,23)24/h1-8H,9-10H2,(H,21,22)(H2,20,23,24). The first-order valence-corrected chi connectivity index (χ1v) is 8.65. The fourth-order valence-electron chi connectivity index (χ4n) is 2.14. The maximum absolute atomic E-state index is 12.6. The zero-order chi connectivity index (χ0) is 18.7. The van der Waals surface area contributed by atoms with Crippen LogP contribution in [0.1, 0.15) is 16.7 Å². The van der Waals surface area contributed by atoms with Crippen molar-refractivity contribution >= 4 is 15.9 Å². The fourth-order valence-corrected chi connectivity index (χ4v) is 2.72. The molecule has 5 nitrogen and oxygen atoms in total. The number of nitrogens with two attached hydrogens (primary N) is 1. The first kappa shape index (κ1) is 18.9. The van der Waals surface area contributed by atoms with Crippen LogP contribution < -0.4 is 10.5 Å². The lowest BCUT2D eigenvalue weighted by Crippen LogP contribution is -2.25. The van der Waals surface area contributed by atoms with Crippen molar-refractivity contribution in [2.24, 2.45) is 5.14 Å². The quantitative estimate of drug-likeness (QED) is 0.843. The van der Waals surface area contributed by atoms with Crippen LogP contribution in [0.15, 0.2) is 53.4 Å². The van der Waals surface area contributed by atoms with Crippen LogP contribution in [-0.2, 0) is 34.0 Å². The smallest absolute Gasteiger partial charge is 0.352 e. The predicted molar refractivity (Wildman–Crippen MR) is 84.8 cm³/mol. The second-order valence-corrected chi connectivity index (χ2v) is 6.91. The molecule has 0 saturated heterocycles. The van der Waals surface area contributed by atoms with Crippen LogP contribution in [0.3, 0.4) is 0 Å². The van der Waals surface area contributed by atoms with Crippen LogP contribution in [0.4, 0.5) is 13.2 Å². The second kappa shape index (κ2) is 7.24. The van der Waals surface area contributed by atoms with Gasteiger partial charge in [0.1, 0.15) is 0 Å². The normalized spacial score (nSPS) is 12.0. The Labute approximate surface area is 142 Å². The van der Waals surface area contributed by atoms with E-state index in [1.165, 1.54) is 30.3 Å². The van der Waals surface area contributed by atoms with E-state index in [1.54, 1.807) is 6.07 Å². The van der Waals surface area contributed by atoms with E-state index in [-0.39, 0.29) is 23.4 Å². The average molecular weight is 372 g/mol. The summed E-state index contributed by atoms with van der Waals surface area (Å²) in [5, 5.41) is 7.55. The highest BCUT2D eigenvalue weighted by molar-refractivity contribution is 7.89. The number of carbonyl (C=O) groups excluding carboxylic acids is 1. The molecule has 0 saturated carbocycles. The Morgan fingerprint density at radius 3 is 2.32 bits per heavy atom. The van der Waals surface area contributed by atoms with Crippen LogP contribution in [0.25, 0.3) is 0 Å². The molecular weight excluding hydrogens is 357 g/mol. The van der Waals surface area contributed by atoms with E-state index in [9.17, 15) is 26.4 Å². The zero-order valence-corrected chi connectivity index (χ0v) is 13.7. The molecule has 0 unspecified atom stereocenters. The van der Waals surface area contributed by atoms with Gasteiger partial charge in [-0.05, 0) is 29.3 Å². The third-order valence-electron chi connectivity index (χ3n) is 3.34. The van der Waals surface area contributed by atoms with Gasteiger partial charge in [0, 0.05) is 6.54 Å². The number of alkyl halides is 3. The summed E-state index contributed by atoms with van der Waals surface area (Å²) < 4.78 is 60.5. The van der Waals surface area contributed by atoms with Gasteiger partial charge < -0.3 is 5.32 Å². The van der Waals surface area contributed by atoms with E-state index < -0.39 is 27.7 Å². The monoisotopic (exact) mass is 372 g/mol. The summed E-state index contributed by atoms with van der Waals surface area (Å²) in [6.45, 7) is 0.0289. The Morgan fingerprint density at radius 2 is 1.68 bits per heavy atom. The third-order valence-corrected chi connectivity index (χ3v) is 4.25. The molecule has 134 valence electrons. The molecule has 0 aromatic heterocycles. The van der Waals surface area contributed by atoms with Crippen molar-refractivity contribution in [3.05, 3.63) is 65.2 Å². The van der Waals surface area contributed by atoms with Crippen molar-refractivity contribution in [1.82, 2.24) is 5.32 Å². The average Bonchev–Trinajstić information content (AvgIpc) is 2.52. The largest absolute Gasteiger partial charge is 0.416 e. The first-order valence-electron chi connectivity index (χ1n) is 7.10. The van der Waals surface area contributed by atoms with Crippen LogP contribution in [0.2, 0.25) is 0 Å². The van der Waals surface area contributed by atoms with E-state index in [0.29, 0.717) is 5.56 Å². The van der Waals surface area contributed by atoms with Crippen LogP contribution in [0, 0.1) is 0 Å². The Kier molecular flexibility index (Phi) is 5.48. The van der Waals surface area contributed by atoms with Gasteiger partial charge in [0.2, 0.25) is 15.9 Å². The molecule has 0 spiro atoms. The SMILES string of the molecule is NS(=O)(=O)c1cccc(CNC(=O)Cc2cccc(C(F)(F)F)c2)c1. The number of hydrogen-bond acceptors (Lipinski definition) is 3. The Morgan fingerprint density at radius 1 is 1.04 bits per heavy atom. The van der Waals surface area contributed by atoms with E-state index in [1.807, 2.05) is 0 Å². The summed E-state index contributed by atoms with van der Waals surface area (Å²) in [4.78, 5) is 11.8. The van der Waals surface area contributed by atoms with Crippen molar-refractivity contribution in [3.8, 4) is 0 Å². The van der Waals surface area contributed by atoms with E-state index in [4.69, 9.17) is 5.14 Å². The van der Waals surface area contributed by atoms with Gasteiger partial charge in [-0.2, -0.15) is 13.2 Å². The molecule has 0 heterocycles. The minimum atomic E-state index is -4.47. The summed E-state index contributed by atoms with van der Waals surface area (Å²) >= 11 is 0. The number of benzene rings is 2. The lowest BCUT2D eigenvalue weighted by Gasteiger charge is -2.09. The first-order chi connectivity index (χ1) is 11.6. The second-order valence-electron chi connectivity index (χ2n) is 5.34. The highest BCUT2D eigenvalue weighted by Crippen LogP contribution is 2.29. The molecule has 0 fully saturated rings. The molecule has 0 radical (unpaired) electrons. The van der Waals surface area contributed by atoms with E-state index in [2.05, 4.69) is 5.32 Å². The van der Waals surface area contributed by atoms with Gasteiger partial charge in [-0.15, -0.1) is 0 Å². The molecule has 0 aliphatic rings.